The fraction of sp³-hybridized carbons (Fsp3) is 0.500. The lowest BCUT2D eigenvalue weighted by atomic mass is 10.1. The fourth-order valence-corrected chi connectivity index (χ4v) is 3.33. The molecule has 0 saturated heterocycles. The van der Waals surface area contributed by atoms with Crippen molar-refractivity contribution in [2.24, 2.45) is 0 Å². The van der Waals surface area contributed by atoms with Gasteiger partial charge in [-0.3, -0.25) is 9.59 Å². The van der Waals surface area contributed by atoms with Gasteiger partial charge >= 0.3 is 0 Å². The van der Waals surface area contributed by atoms with Crippen LogP contribution in [0.2, 0.25) is 0 Å². The third-order valence-electron chi connectivity index (χ3n) is 3.90. The van der Waals surface area contributed by atoms with E-state index < -0.39 is 15.9 Å². The summed E-state index contributed by atoms with van der Waals surface area (Å²) in [5.74, 6) is -0.766. The van der Waals surface area contributed by atoms with Crippen molar-refractivity contribution in [3.63, 3.8) is 0 Å². The number of rotatable bonds is 8. The number of carbonyl (C=O) groups is 2. The molecular formula is C16H22N2O5S. The van der Waals surface area contributed by atoms with Crippen LogP contribution in [0.5, 0.6) is 0 Å². The lowest BCUT2D eigenvalue weighted by Gasteiger charge is -2.26. The van der Waals surface area contributed by atoms with Gasteiger partial charge in [0, 0.05) is 32.0 Å². The van der Waals surface area contributed by atoms with Crippen molar-refractivity contribution in [1.29, 1.82) is 0 Å². The molecule has 1 aliphatic heterocycles. The average Bonchev–Trinajstić information content (AvgIpc) is 2.84. The van der Waals surface area contributed by atoms with Crippen LogP contribution < -0.4 is 5.32 Å². The molecule has 2 rings (SSSR count). The Morgan fingerprint density at radius 1 is 1.38 bits per heavy atom. The van der Waals surface area contributed by atoms with Gasteiger partial charge in [-0.25, -0.2) is 8.42 Å². The predicted octanol–water partition coefficient (Wildman–Crippen LogP) is 0.208. The van der Waals surface area contributed by atoms with Gasteiger partial charge in [0.2, 0.25) is 5.91 Å². The SMILES string of the molecule is COCCNC(=O)[C@H](CCS(C)(=O)=O)N1Cc2ccccc2C1=O. The van der Waals surface area contributed by atoms with E-state index in [1.54, 1.807) is 12.1 Å². The molecule has 1 aromatic rings. The summed E-state index contributed by atoms with van der Waals surface area (Å²) < 4.78 is 27.8. The minimum atomic E-state index is -3.23. The van der Waals surface area contributed by atoms with Gasteiger partial charge in [-0.2, -0.15) is 0 Å². The number of nitrogens with one attached hydrogen (secondary N) is 1. The summed E-state index contributed by atoms with van der Waals surface area (Å²) in [6, 6.07) is 6.33. The van der Waals surface area contributed by atoms with Gasteiger partial charge in [0.15, 0.2) is 0 Å². The number of carbonyl (C=O) groups excluding carboxylic acids is 2. The van der Waals surface area contributed by atoms with Crippen molar-refractivity contribution < 1.29 is 22.7 Å². The van der Waals surface area contributed by atoms with Crippen LogP contribution in [0.4, 0.5) is 0 Å². The molecule has 1 heterocycles. The summed E-state index contributed by atoms with van der Waals surface area (Å²) in [7, 11) is -1.71. The van der Waals surface area contributed by atoms with E-state index in [0.717, 1.165) is 11.8 Å². The zero-order valence-electron chi connectivity index (χ0n) is 13.8. The Hall–Kier alpha value is -1.93. The molecule has 0 spiro atoms. The van der Waals surface area contributed by atoms with Crippen molar-refractivity contribution in [2.75, 3.05) is 32.3 Å². The topological polar surface area (TPSA) is 92.8 Å². The molecule has 0 unspecified atom stereocenters. The number of nitrogens with zero attached hydrogens (tertiary/aromatic N) is 1. The summed E-state index contributed by atoms with van der Waals surface area (Å²) in [6.45, 7) is 0.958. The molecule has 1 N–H and O–H groups in total. The number of fused-ring (bicyclic) bond motifs is 1. The lowest BCUT2D eigenvalue weighted by molar-refractivity contribution is -0.126. The molecule has 0 radical (unpaired) electrons. The van der Waals surface area contributed by atoms with Gasteiger partial charge in [0.25, 0.3) is 5.91 Å². The Morgan fingerprint density at radius 2 is 2.08 bits per heavy atom. The van der Waals surface area contributed by atoms with Crippen LogP contribution in [0.25, 0.3) is 0 Å². The van der Waals surface area contributed by atoms with E-state index in [-0.39, 0.29) is 24.0 Å². The summed E-state index contributed by atoms with van der Waals surface area (Å²) in [5.41, 5.74) is 1.41. The van der Waals surface area contributed by atoms with Crippen LogP contribution in [0.15, 0.2) is 24.3 Å². The van der Waals surface area contributed by atoms with Crippen LogP contribution in [0.1, 0.15) is 22.3 Å². The number of amides is 2. The Morgan fingerprint density at radius 3 is 2.71 bits per heavy atom. The average molecular weight is 354 g/mol. The fourth-order valence-electron chi connectivity index (χ4n) is 2.68. The Labute approximate surface area is 141 Å². The molecule has 0 bridgehead atoms. The van der Waals surface area contributed by atoms with Gasteiger partial charge in [0.05, 0.1) is 12.4 Å². The minimum absolute atomic E-state index is 0.0668. The van der Waals surface area contributed by atoms with E-state index in [1.807, 2.05) is 12.1 Å². The number of hydrogen-bond acceptors (Lipinski definition) is 5. The van der Waals surface area contributed by atoms with Crippen molar-refractivity contribution in [2.45, 2.75) is 19.0 Å². The van der Waals surface area contributed by atoms with E-state index in [9.17, 15) is 18.0 Å². The number of hydrogen-bond donors (Lipinski definition) is 1. The van der Waals surface area contributed by atoms with Crippen LogP contribution in [-0.2, 0) is 25.9 Å². The second kappa shape index (κ2) is 7.76. The maximum atomic E-state index is 12.6. The van der Waals surface area contributed by atoms with Crippen molar-refractivity contribution in [3.05, 3.63) is 35.4 Å². The molecule has 1 atom stereocenters. The van der Waals surface area contributed by atoms with Crippen molar-refractivity contribution in [3.8, 4) is 0 Å². The molecule has 132 valence electrons. The first-order valence-corrected chi connectivity index (χ1v) is 9.73. The molecule has 0 fully saturated rings. The monoisotopic (exact) mass is 354 g/mol. The maximum Gasteiger partial charge on any atom is 0.255 e. The van der Waals surface area contributed by atoms with Crippen LogP contribution >= 0.6 is 0 Å². The summed E-state index contributed by atoms with van der Waals surface area (Å²) in [4.78, 5) is 26.5. The third-order valence-corrected chi connectivity index (χ3v) is 4.87. The molecule has 0 aliphatic carbocycles. The summed E-state index contributed by atoms with van der Waals surface area (Å²) >= 11 is 0. The van der Waals surface area contributed by atoms with E-state index in [4.69, 9.17) is 4.74 Å². The molecular weight excluding hydrogens is 332 g/mol. The zero-order chi connectivity index (χ0) is 17.7. The highest BCUT2D eigenvalue weighted by Gasteiger charge is 2.36. The molecule has 24 heavy (non-hydrogen) atoms. The number of methoxy groups -OCH3 is 1. The largest absolute Gasteiger partial charge is 0.383 e. The van der Waals surface area contributed by atoms with E-state index in [2.05, 4.69) is 5.32 Å². The standard InChI is InChI=1S/C16H22N2O5S/c1-23-9-8-17-15(19)14(7-10-24(2,21)22)18-11-12-5-3-4-6-13(12)16(18)20/h3-6,14H,7-11H2,1-2H3,(H,17,19)/t14-/m0/s1. The van der Waals surface area contributed by atoms with E-state index >= 15 is 0 Å². The quantitative estimate of drug-likeness (QED) is 0.674. The van der Waals surface area contributed by atoms with Gasteiger partial charge < -0.3 is 15.0 Å². The van der Waals surface area contributed by atoms with E-state index in [0.29, 0.717) is 25.3 Å². The van der Waals surface area contributed by atoms with Gasteiger partial charge in [-0.1, -0.05) is 18.2 Å². The molecule has 0 aromatic heterocycles. The Balaban J connectivity index is 2.16. The van der Waals surface area contributed by atoms with Crippen LogP contribution in [0.3, 0.4) is 0 Å². The Kier molecular flexibility index (Phi) is 5.95. The molecule has 7 nitrogen and oxygen atoms in total. The molecule has 1 aromatic carbocycles. The van der Waals surface area contributed by atoms with Crippen molar-refractivity contribution >= 4 is 21.7 Å². The molecule has 0 saturated carbocycles. The highest BCUT2D eigenvalue weighted by atomic mass is 32.2. The normalized spacial score (nSPS) is 15.2. The first-order valence-electron chi connectivity index (χ1n) is 7.66. The lowest BCUT2D eigenvalue weighted by Crippen LogP contribution is -2.48. The van der Waals surface area contributed by atoms with Gasteiger partial charge in [-0.15, -0.1) is 0 Å². The van der Waals surface area contributed by atoms with Crippen molar-refractivity contribution in [1.82, 2.24) is 10.2 Å². The Bertz CT molecular complexity index is 717. The van der Waals surface area contributed by atoms with Gasteiger partial charge in [0.1, 0.15) is 15.9 Å². The minimum Gasteiger partial charge on any atom is -0.383 e. The zero-order valence-corrected chi connectivity index (χ0v) is 14.6. The van der Waals surface area contributed by atoms with Gasteiger partial charge in [-0.05, 0) is 18.1 Å². The predicted molar refractivity (Wildman–Crippen MR) is 89.3 cm³/mol. The highest BCUT2D eigenvalue weighted by Crippen LogP contribution is 2.25. The van der Waals surface area contributed by atoms with E-state index in [1.165, 1.54) is 12.0 Å². The molecule has 8 heteroatoms. The number of ether oxygens (including phenoxy) is 1. The maximum absolute atomic E-state index is 12.6. The summed E-state index contributed by atoms with van der Waals surface area (Å²) in [6.07, 6.45) is 1.19. The highest BCUT2D eigenvalue weighted by molar-refractivity contribution is 7.90. The first-order chi connectivity index (χ1) is 11.3. The number of sulfone groups is 1. The molecule has 2 amide bonds. The van der Waals surface area contributed by atoms with Crippen LogP contribution in [0, 0.1) is 0 Å². The summed E-state index contributed by atoms with van der Waals surface area (Å²) in [5, 5.41) is 2.69. The smallest absolute Gasteiger partial charge is 0.255 e. The first kappa shape index (κ1) is 18.4. The molecule has 1 aliphatic rings. The van der Waals surface area contributed by atoms with Crippen LogP contribution in [-0.4, -0.2) is 63.4 Å². The second-order valence-corrected chi connectivity index (χ2v) is 8.07. The second-order valence-electron chi connectivity index (χ2n) is 5.81. The number of benzene rings is 1. The third kappa shape index (κ3) is 4.55.